The normalized spacial score (nSPS) is 10.6. The molecule has 0 spiro atoms. The molecule has 0 aliphatic heterocycles. The van der Waals surface area contributed by atoms with Crippen molar-refractivity contribution in [2.45, 2.75) is 11.4 Å². The van der Waals surface area contributed by atoms with Gasteiger partial charge in [-0.05, 0) is 29.3 Å². The Morgan fingerprint density at radius 3 is 2.35 bits per heavy atom. The highest BCUT2D eigenvalue weighted by Crippen LogP contribution is 2.19. The van der Waals surface area contributed by atoms with Gasteiger partial charge < -0.3 is 5.32 Å². The van der Waals surface area contributed by atoms with Crippen molar-refractivity contribution in [3.05, 3.63) is 84.7 Å². The first-order chi connectivity index (χ1) is 11.4. The lowest BCUT2D eigenvalue weighted by atomic mass is 10.1. The maximum absolute atomic E-state index is 4.36. The third kappa shape index (κ3) is 4.95. The SMILES string of the molecule is c1ccc(SCCNCc2cncc(-c3ccccc3)c2)cc1. The Hall–Kier alpha value is -2.10. The lowest BCUT2D eigenvalue weighted by molar-refractivity contribution is 0.730. The molecule has 3 aromatic rings. The van der Waals surface area contributed by atoms with Crippen molar-refractivity contribution < 1.29 is 0 Å². The van der Waals surface area contributed by atoms with Gasteiger partial charge in [-0.15, -0.1) is 11.8 Å². The van der Waals surface area contributed by atoms with Crippen LogP contribution in [0.25, 0.3) is 11.1 Å². The van der Waals surface area contributed by atoms with Crippen molar-refractivity contribution >= 4 is 11.8 Å². The molecule has 0 unspecified atom stereocenters. The quantitative estimate of drug-likeness (QED) is 0.507. The third-order valence-corrected chi connectivity index (χ3v) is 4.54. The fraction of sp³-hybridized carbons (Fsp3) is 0.150. The van der Waals surface area contributed by atoms with Crippen molar-refractivity contribution in [1.29, 1.82) is 0 Å². The number of nitrogens with one attached hydrogen (secondary N) is 1. The summed E-state index contributed by atoms with van der Waals surface area (Å²) in [6.07, 6.45) is 3.86. The summed E-state index contributed by atoms with van der Waals surface area (Å²) in [5.41, 5.74) is 3.60. The molecule has 0 amide bonds. The minimum Gasteiger partial charge on any atom is -0.312 e. The molecule has 0 atom stereocenters. The Bertz CT molecular complexity index is 714. The number of hydrogen-bond acceptors (Lipinski definition) is 3. The van der Waals surface area contributed by atoms with Crippen LogP contribution in [0.2, 0.25) is 0 Å². The summed E-state index contributed by atoms with van der Waals surface area (Å²) in [4.78, 5) is 5.68. The number of thioether (sulfide) groups is 1. The lowest BCUT2D eigenvalue weighted by Crippen LogP contribution is -2.16. The summed E-state index contributed by atoms with van der Waals surface area (Å²) >= 11 is 1.88. The van der Waals surface area contributed by atoms with E-state index >= 15 is 0 Å². The molecule has 0 saturated heterocycles. The minimum absolute atomic E-state index is 0.850. The molecule has 3 heteroatoms. The van der Waals surface area contributed by atoms with E-state index in [2.05, 4.69) is 71.0 Å². The zero-order valence-electron chi connectivity index (χ0n) is 13.0. The average Bonchev–Trinajstić information content (AvgIpc) is 2.63. The van der Waals surface area contributed by atoms with E-state index < -0.39 is 0 Å². The number of pyridine rings is 1. The highest BCUT2D eigenvalue weighted by molar-refractivity contribution is 7.99. The summed E-state index contributed by atoms with van der Waals surface area (Å²) in [5.74, 6) is 1.07. The number of rotatable bonds is 7. The molecule has 0 fully saturated rings. The standard InChI is InChI=1S/C20H20N2S/c1-3-7-18(8-4-1)19-13-17(15-22-16-19)14-21-11-12-23-20-9-5-2-6-10-20/h1-10,13,15-16,21H,11-12,14H2. The molecule has 1 N–H and O–H groups in total. The first-order valence-electron chi connectivity index (χ1n) is 7.80. The molecule has 23 heavy (non-hydrogen) atoms. The molecular formula is C20H20N2S. The number of aromatic nitrogens is 1. The van der Waals surface area contributed by atoms with Crippen LogP contribution in [0.3, 0.4) is 0 Å². The molecule has 2 aromatic carbocycles. The average molecular weight is 320 g/mol. The molecule has 0 aliphatic rings. The zero-order chi connectivity index (χ0) is 15.7. The molecule has 1 aromatic heterocycles. The summed E-state index contributed by atoms with van der Waals surface area (Å²) < 4.78 is 0. The van der Waals surface area contributed by atoms with Crippen molar-refractivity contribution in [2.75, 3.05) is 12.3 Å². The van der Waals surface area contributed by atoms with E-state index in [9.17, 15) is 0 Å². The van der Waals surface area contributed by atoms with E-state index in [1.165, 1.54) is 21.6 Å². The second-order valence-electron chi connectivity index (χ2n) is 5.29. The predicted molar refractivity (Wildman–Crippen MR) is 98.5 cm³/mol. The van der Waals surface area contributed by atoms with E-state index in [4.69, 9.17) is 0 Å². The van der Waals surface area contributed by atoms with Gasteiger partial charge in [-0.1, -0.05) is 48.5 Å². The molecule has 0 saturated carbocycles. The number of nitrogens with zero attached hydrogens (tertiary/aromatic N) is 1. The first kappa shape index (κ1) is 15.8. The minimum atomic E-state index is 0.850. The van der Waals surface area contributed by atoms with Gasteiger partial charge in [0.05, 0.1) is 0 Å². The number of benzene rings is 2. The van der Waals surface area contributed by atoms with Crippen molar-refractivity contribution in [3.63, 3.8) is 0 Å². The van der Waals surface area contributed by atoms with Crippen LogP contribution in [0.4, 0.5) is 0 Å². The van der Waals surface area contributed by atoms with Crippen LogP contribution >= 0.6 is 11.8 Å². The Labute approximate surface area is 142 Å². The van der Waals surface area contributed by atoms with Gasteiger partial charge in [0.1, 0.15) is 0 Å². The van der Waals surface area contributed by atoms with E-state index in [1.54, 1.807) is 0 Å². The molecule has 116 valence electrons. The molecule has 1 heterocycles. The molecule has 2 nitrogen and oxygen atoms in total. The molecule has 0 bridgehead atoms. The van der Waals surface area contributed by atoms with Gasteiger partial charge in [0.25, 0.3) is 0 Å². The van der Waals surface area contributed by atoms with Crippen molar-refractivity contribution in [1.82, 2.24) is 10.3 Å². The Morgan fingerprint density at radius 1 is 0.826 bits per heavy atom. The largest absolute Gasteiger partial charge is 0.312 e. The fourth-order valence-electron chi connectivity index (χ4n) is 2.36. The van der Waals surface area contributed by atoms with E-state index in [-0.39, 0.29) is 0 Å². The number of hydrogen-bond donors (Lipinski definition) is 1. The highest BCUT2D eigenvalue weighted by atomic mass is 32.2. The maximum atomic E-state index is 4.36. The van der Waals surface area contributed by atoms with E-state index in [1.807, 2.05) is 30.2 Å². The van der Waals surface area contributed by atoms with Crippen LogP contribution < -0.4 is 5.32 Å². The summed E-state index contributed by atoms with van der Waals surface area (Å²) in [5, 5.41) is 3.49. The lowest BCUT2D eigenvalue weighted by Gasteiger charge is -2.07. The van der Waals surface area contributed by atoms with Gasteiger partial charge >= 0.3 is 0 Å². The van der Waals surface area contributed by atoms with Crippen molar-refractivity contribution in [3.8, 4) is 11.1 Å². The Kier molecular flexibility index (Phi) is 5.84. The van der Waals surface area contributed by atoms with Crippen LogP contribution in [0, 0.1) is 0 Å². The Balaban J connectivity index is 1.47. The van der Waals surface area contributed by atoms with Crippen molar-refractivity contribution in [2.24, 2.45) is 0 Å². The highest BCUT2D eigenvalue weighted by Gasteiger charge is 2.00. The zero-order valence-corrected chi connectivity index (χ0v) is 13.8. The first-order valence-corrected chi connectivity index (χ1v) is 8.78. The molecule has 3 rings (SSSR count). The van der Waals surface area contributed by atoms with Crippen LogP contribution in [-0.4, -0.2) is 17.3 Å². The second-order valence-corrected chi connectivity index (χ2v) is 6.45. The van der Waals surface area contributed by atoms with Gasteiger partial charge in [-0.2, -0.15) is 0 Å². The smallest absolute Gasteiger partial charge is 0.0346 e. The monoisotopic (exact) mass is 320 g/mol. The van der Waals surface area contributed by atoms with Gasteiger partial charge in [0.15, 0.2) is 0 Å². The summed E-state index contributed by atoms with van der Waals surface area (Å²) in [6.45, 7) is 1.83. The molecular weight excluding hydrogens is 300 g/mol. The maximum Gasteiger partial charge on any atom is 0.0346 e. The third-order valence-electron chi connectivity index (χ3n) is 3.52. The van der Waals surface area contributed by atoms with E-state index in [0.717, 1.165) is 18.8 Å². The predicted octanol–water partition coefficient (Wildman–Crippen LogP) is 4.63. The van der Waals surface area contributed by atoms with Gasteiger partial charge in [-0.25, -0.2) is 0 Å². The van der Waals surface area contributed by atoms with Crippen LogP contribution in [0.1, 0.15) is 5.56 Å². The summed E-state index contributed by atoms with van der Waals surface area (Å²) in [7, 11) is 0. The molecule has 0 radical (unpaired) electrons. The summed E-state index contributed by atoms with van der Waals surface area (Å²) in [6, 6.07) is 23.1. The Morgan fingerprint density at radius 2 is 1.57 bits per heavy atom. The van der Waals surface area contributed by atoms with Crippen LogP contribution in [0.5, 0.6) is 0 Å². The topological polar surface area (TPSA) is 24.9 Å². The van der Waals surface area contributed by atoms with Gasteiger partial charge in [-0.3, -0.25) is 4.98 Å². The van der Waals surface area contributed by atoms with Gasteiger partial charge in [0.2, 0.25) is 0 Å². The fourth-order valence-corrected chi connectivity index (χ4v) is 3.19. The molecule has 0 aliphatic carbocycles. The van der Waals surface area contributed by atoms with Crippen LogP contribution in [-0.2, 0) is 6.54 Å². The van der Waals surface area contributed by atoms with Crippen LogP contribution in [0.15, 0.2) is 84.0 Å². The second kappa shape index (κ2) is 8.51. The van der Waals surface area contributed by atoms with Gasteiger partial charge in [0, 0.05) is 41.7 Å². The van der Waals surface area contributed by atoms with E-state index in [0.29, 0.717) is 0 Å².